The first kappa shape index (κ1) is 15.8. The maximum absolute atomic E-state index is 11.6. The molecule has 22 heavy (non-hydrogen) atoms. The lowest BCUT2D eigenvalue weighted by Crippen LogP contribution is -2.61. The van der Waals surface area contributed by atoms with Crippen LogP contribution in [0.5, 0.6) is 5.75 Å². The molecule has 1 fully saturated rings. The smallest absolute Gasteiger partial charge is 0.335 e. The van der Waals surface area contributed by atoms with Crippen molar-refractivity contribution in [1.29, 1.82) is 0 Å². The van der Waals surface area contributed by atoms with Crippen molar-refractivity contribution in [3.05, 3.63) is 29.8 Å². The number of hydrogen-bond acceptors (Lipinski definition) is 7. The summed E-state index contributed by atoms with van der Waals surface area (Å²) in [4.78, 5) is 33.8. The highest BCUT2D eigenvalue weighted by Crippen LogP contribution is 2.09. The van der Waals surface area contributed by atoms with E-state index in [1.807, 2.05) is 0 Å². The van der Waals surface area contributed by atoms with Gasteiger partial charge in [0, 0.05) is 0 Å². The molecule has 116 valence electrons. The topological polar surface area (TPSA) is 132 Å². The first-order chi connectivity index (χ1) is 10.5. The summed E-state index contributed by atoms with van der Waals surface area (Å²) in [5.41, 5.74) is 7.72. The molecule has 2 rings (SSSR count). The van der Waals surface area contributed by atoms with Crippen molar-refractivity contribution in [2.24, 2.45) is 5.10 Å². The fourth-order valence-corrected chi connectivity index (χ4v) is 2.19. The highest BCUT2D eigenvalue weighted by molar-refractivity contribution is 8.01. The predicted molar refractivity (Wildman–Crippen MR) is 79.9 cm³/mol. The second-order valence-electron chi connectivity index (χ2n) is 4.16. The Kier molecular flexibility index (Phi) is 5.33. The number of thioether (sulfide) groups is 1. The predicted octanol–water partition coefficient (Wildman–Crippen LogP) is -0.754. The molecule has 1 atom stereocenters. The van der Waals surface area contributed by atoms with Gasteiger partial charge in [0.25, 0.3) is 5.91 Å². The maximum Gasteiger partial charge on any atom is 0.335 e. The van der Waals surface area contributed by atoms with E-state index in [0.29, 0.717) is 5.56 Å². The van der Waals surface area contributed by atoms with Crippen molar-refractivity contribution in [2.45, 2.75) is 5.37 Å². The number of aromatic hydroxyl groups is 1. The molecule has 0 spiro atoms. The number of carbonyl (C=O) groups is 3. The monoisotopic (exact) mass is 323 g/mol. The number of hydrogen-bond donors (Lipinski definition) is 5. The minimum atomic E-state index is -0.746. The Balaban J connectivity index is 1.73. The van der Waals surface area contributed by atoms with Crippen LogP contribution in [0.25, 0.3) is 0 Å². The van der Waals surface area contributed by atoms with Crippen LogP contribution >= 0.6 is 11.8 Å². The quantitative estimate of drug-likeness (QED) is 0.358. The van der Waals surface area contributed by atoms with Crippen LogP contribution in [0.1, 0.15) is 5.56 Å². The third-order valence-corrected chi connectivity index (χ3v) is 3.56. The molecule has 1 aliphatic heterocycles. The average molecular weight is 323 g/mol. The standard InChI is InChI=1S/C12H13N5O4S/c18-8-3-1-7(2-4-8)5-13-15-9(19)6-22-11-10(20)14-12(21)17-16-11/h1-5,11,16,18H,6H2,(H,15,19)(H2,14,17,20,21)/b13-5+. The fraction of sp³-hybridized carbons (Fsp3) is 0.167. The Morgan fingerprint density at radius 3 is 2.77 bits per heavy atom. The summed E-state index contributed by atoms with van der Waals surface area (Å²) >= 11 is 1.01. The van der Waals surface area contributed by atoms with Crippen LogP contribution in [0.4, 0.5) is 4.79 Å². The zero-order chi connectivity index (χ0) is 15.9. The zero-order valence-corrected chi connectivity index (χ0v) is 12.0. The number of hydrazone groups is 1. The van der Waals surface area contributed by atoms with E-state index in [-0.39, 0.29) is 11.5 Å². The van der Waals surface area contributed by atoms with E-state index in [4.69, 9.17) is 5.11 Å². The Bertz CT molecular complexity index is 604. The lowest BCUT2D eigenvalue weighted by Gasteiger charge is -2.22. The molecule has 1 aromatic carbocycles. The molecule has 1 saturated heterocycles. The summed E-state index contributed by atoms with van der Waals surface area (Å²) in [6.07, 6.45) is 1.42. The number of phenolic OH excluding ortho intramolecular Hbond substituents is 1. The van der Waals surface area contributed by atoms with Gasteiger partial charge in [-0.05, 0) is 29.8 Å². The van der Waals surface area contributed by atoms with Gasteiger partial charge in [-0.2, -0.15) is 5.10 Å². The van der Waals surface area contributed by atoms with Crippen LogP contribution in [-0.2, 0) is 9.59 Å². The van der Waals surface area contributed by atoms with E-state index >= 15 is 0 Å². The van der Waals surface area contributed by atoms with E-state index in [2.05, 4.69) is 26.7 Å². The lowest BCUT2D eigenvalue weighted by atomic mass is 10.2. The van der Waals surface area contributed by atoms with Gasteiger partial charge >= 0.3 is 6.03 Å². The van der Waals surface area contributed by atoms with Gasteiger partial charge < -0.3 is 5.11 Å². The number of nitrogens with zero attached hydrogens (tertiary/aromatic N) is 1. The van der Waals surface area contributed by atoms with E-state index in [1.165, 1.54) is 18.3 Å². The highest BCUT2D eigenvalue weighted by atomic mass is 32.2. The minimum absolute atomic E-state index is 0.0200. The first-order valence-electron chi connectivity index (χ1n) is 6.13. The number of phenols is 1. The zero-order valence-electron chi connectivity index (χ0n) is 11.2. The number of benzene rings is 1. The molecular weight excluding hydrogens is 310 g/mol. The second kappa shape index (κ2) is 7.43. The number of amides is 4. The molecule has 1 aliphatic rings. The second-order valence-corrected chi connectivity index (χ2v) is 5.26. The first-order valence-corrected chi connectivity index (χ1v) is 7.18. The summed E-state index contributed by atoms with van der Waals surface area (Å²) in [5, 5.41) is 14.2. The van der Waals surface area contributed by atoms with Crippen LogP contribution in [0.2, 0.25) is 0 Å². The molecule has 10 heteroatoms. The lowest BCUT2D eigenvalue weighted by molar-refractivity contribution is -0.121. The molecule has 4 amide bonds. The number of nitrogens with one attached hydrogen (secondary N) is 4. The van der Waals surface area contributed by atoms with Gasteiger partial charge in [0.2, 0.25) is 5.91 Å². The Morgan fingerprint density at radius 2 is 2.09 bits per heavy atom. The molecule has 0 aliphatic carbocycles. The number of urea groups is 1. The van der Waals surface area contributed by atoms with E-state index in [1.54, 1.807) is 12.1 Å². The number of rotatable bonds is 5. The van der Waals surface area contributed by atoms with Gasteiger partial charge in [-0.15, -0.1) is 11.8 Å². The molecule has 0 aromatic heterocycles. The molecule has 1 unspecified atom stereocenters. The fourth-order valence-electron chi connectivity index (χ4n) is 1.45. The van der Waals surface area contributed by atoms with Gasteiger partial charge in [-0.1, -0.05) is 0 Å². The summed E-state index contributed by atoms with van der Waals surface area (Å²) in [6, 6.07) is 5.64. The number of hydrazine groups is 1. The van der Waals surface area contributed by atoms with E-state index < -0.39 is 23.2 Å². The molecule has 1 heterocycles. The van der Waals surface area contributed by atoms with Gasteiger partial charge in [0.1, 0.15) is 5.75 Å². The van der Waals surface area contributed by atoms with Crippen LogP contribution < -0.4 is 21.6 Å². The molecule has 9 nitrogen and oxygen atoms in total. The van der Waals surface area contributed by atoms with Crippen molar-refractivity contribution in [3.8, 4) is 5.75 Å². The summed E-state index contributed by atoms with van der Waals surface area (Å²) in [5.74, 6) is -0.794. The molecular formula is C12H13N5O4S. The van der Waals surface area contributed by atoms with Gasteiger partial charge in [-0.25, -0.2) is 15.6 Å². The van der Waals surface area contributed by atoms with Crippen molar-refractivity contribution in [1.82, 2.24) is 21.6 Å². The third-order valence-electron chi connectivity index (χ3n) is 2.47. The van der Waals surface area contributed by atoms with Crippen LogP contribution in [0.15, 0.2) is 29.4 Å². The molecule has 1 aromatic rings. The Morgan fingerprint density at radius 1 is 1.36 bits per heavy atom. The van der Waals surface area contributed by atoms with Crippen LogP contribution in [0.3, 0.4) is 0 Å². The Hall–Kier alpha value is -2.59. The van der Waals surface area contributed by atoms with Crippen molar-refractivity contribution >= 4 is 35.8 Å². The SMILES string of the molecule is O=C(CSC1NNC(=O)NC1=O)N/N=C/c1ccc(O)cc1. The Labute approximate surface area is 129 Å². The third kappa shape index (κ3) is 4.75. The molecule has 0 radical (unpaired) electrons. The van der Waals surface area contributed by atoms with Crippen LogP contribution in [-0.4, -0.2) is 40.3 Å². The molecule has 5 N–H and O–H groups in total. The number of carbonyl (C=O) groups excluding carboxylic acids is 3. The highest BCUT2D eigenvalue weighted by Gasteiger charge is 2.26. The van der Waals surface area contributed by atoms with Crippen molar-refractivity contribution in [3.63, 3.8) is 0 Å². The van der Waals surface area contributed by atoms with Gasteiger partial charge in [-0.3, -0.25) is 20.3 Å². The number of imide groups is 1. The summed E-state index contributed by atoms with van der Waals surface area (Å²) in [7, 11) is 0. The van der Waals surface area contributed by atoms with Crippen LogP contribution in [0, 0.1) is 0 Å². The molecule has 0 bridgehead atoms. The maximum atomic E-state index is 11.6. The van der Waals surface area contributed by atoms with Crippen molar-refractivity contribution in [2.75, 3.05) is 5.75 Å². The summed E-state index contributed by atoms with van der Waals surface area (Å²) in [6.45, 7) is 0. The summed E-state index contributed by atoms with van der Waals surface area (Å²) < 4.78 is 0. The van der Waals surface area contributed by atoms with Gasteiger partial charge in [0.15, 0.2) is 5.37 Å². The molecule has 0 saturated carbocycles. The normalized spacial score (nSPS) is 17.9. The average Bonchev–Trinajstić information content (AvgIpc) is 2.48. The van der Waals surface area contributed by atoms with E-state index in [0.717, 1.165) is 11.8 Å². The minimum Gasteiger partial charge on any atom is -0.508 e. The van der Waals surface area contributed by atoms with Crippen molar-refractivity contribution < 1.29 is 19.5 Å². The largest absolute Gasteiger partial charge is 0.508 e. The van der Waals surface area contributed by atoms with Gasteiger partial charge in [0.05, 0.1) is 12.0 Å². The van der Waals surface area contributed by atoms with E-state index in [9.17, 15) is 14.4 Å².